The van der Waals surface area contributed by atoms with Crippen LogP contribution < -0.4 is 28.7 Å². The fraction of sp³-hybridized carbons (Fsp3) is 0.812. The van der Waals surface area contributed by atoms with Crippen molar-refractivity contribution in [3.8, 4) is 24.0 Å². The smallest absolute Gasteiger partial charge is 0.457 e. The van der Waals surface area contributed by atoms with E-state index in [0.29, 0.717) is 9.80 Å². The summed E-state index contributed by atoms with van der Waals surface area (Å²) >= 11 is 0. The van der Waals surface area contributed by atoms with Crippen LogP contribution in [0.25, 0.3) is 0 Å². The van der Waals surface area contributed by atoms with Crippen LogP contribution in [-0.4, -0.2) is 177 Å². The number of aromatic nitrogens is 6. The minimum Gasteiger partial charge on any atom is -0.457 e. The fourth-order valence-corrected chi connectivity index (χ4v) is 6.10. The second-order valence-electron chi connectivity index (χ2n) is 16.1. The third-order valence-corrected chi connectivity index (χ3v) is 10.6. The minimum absolute atomic E-state index is 0.435. The van der Waals surface area contributed by atoms with Gasteiger partial charge in [0.2, 0.25) is 11.9 Å². The average molecular weight is 1260 g/mol. The summed E-state index contributed by atoms with van der Waals surface area (Å²) in [7, 11) is 0. The standard InChI is InChI=1S/C32H18F36N8O4/c33-17(34,21(41,42)25(49,50)29(57,58)59)5-77-13-69-11(70-14(73-13)78-6-18(35,36)22(43,44)26(51,52)30(60,61)62)75-4-10-2-1-9(75)3-76(10)12-71-15(79-7-19(37,38)23(45,46)27(53,54)31(63,64)65)74-16(72-12)80-8-20(39,40)24(47,48)28(55,56)32(66,67)68/h9-10H,1-8H2. The zero-order valence-corrected chi connectivity index (χ0v) is 36.6. The van der Waals surface area contributed by atoms with Crippen molar-refractivity contribution < 1.29 is 177 Å². The van der Waals surface area contributed by atoms with E-state index in [1.54, 1.807) is 0 Å². The van der Waals surface area contributed by atoms with Gasteiger partial charge >= 0.3 is 120 Å². The number of ether oxygens (including phenoxy) is 4. The Labute approximate surface area is 413 Å². The first kappa shape index (κ1) is 66.8. The average Bonchev–Trinajstić information content (AvgIpc) is 3.29. The fourth-order valence-electron chi connectivity index (χ4n) is 6.10. The number of hydrogen-bond acceptors (Lipinski definition) is 12. The molecule has 0 radical (unpaired) electrons. The highest BCUT2D eigenvalue weighted by molar-refractivity contribution is 5.45. The lowest BCUT2D eigenvalue weighted by molar-refractivity contribution is -0.398. The van der Waals surface area contributed by atoms with Crippen LogP contribution in [-0.2, 0) is 0 Å². The van der Waals surface area contributed by atoms with Gasteiger partial charge in [-0.05, 0) is 12.8 Å². The molecule has 5 heterocycles. The molecule has 0 aliphatic carbocycles. The molecule has 2 unspecified atom stereocenters. The van der Waals surface area contributed by atoms with Gasteiger partial charge in [0.15, 0.2) is 26.4 Å². The molecule has 0 spiro atoms. The van der Waals surface area contributed by atoms with Crippen molar-refractivity contribution in [3.63, 3.8) is 0 Å². The van der Waals surface area contributed by atoms with E-state index in [1.807, 2.05) is 0 Å². The van der Waals surface area contributed by atoms with Crippen LogP contribution in [0.1, 0.15) is 12.8 Å². The normalized spacial score (nSPS) is 18.7. The van der Waals surface area contributed by atoms with Gasteiger partial charge < -0.3 is 28.7 Å². The molecule has 0 amide bonds. The molecule has 0 saturated carbocycles. The van der Waals surface area contributed by atoms with Crippen molar-refractivity contribution in [2.75, 3.05) is 49.3 Å². The first-order valence-electron chi connectivity index (χ1n) is 19.6. The SMILES string of the molecule is FC(F)(F)C(F)(F)C(F)(F)C(F)(F)COc1nc(OCC(F)(F)C(F)(F)C(F)(F)C(F)(F)F)nc(N2CC3CCC2CN3c2nc(OCC(F)(F)C(F)(F)C(F)(F)C(F)(F)F)nc(OCC(F)(F)C(F)(F)C(F)(F)C(F)(F)F)n2)n1. The Bertz CT molecular complexity index is 2200. The van der Waals surface area contributed by atoms with E-state index in [2.05, 4.69) is 48.9 Å². The number of rotatable bonds is 22. The van der Waals surface area contributed by atoms with Crippen molar-refractivity contribution in [2.24, 2.45) is 0 Å². The van der Waals surface area contributed by atoms with Crippen LogP contribution in [0.3, 0.4) is 0 Å². The molecule has 0 aromatic carbocycles. The summed E-state index contributed by atoms with van der Waals surface area (Å²) in [6, 6.07) is -12.6. The zero-order valence-electron chi connectivity index (χ0n) is 36.6. The summed E-state index contributed by atoms with van der Waals surface area (Å²) in [5, 5.41) is 0. The quantitative estimate of drug-likeness (QED) is 0.104. The Morgan fingerprint density at radius 2 is 0.450 bits per heavy atom. The zero-order chi connectivity index (χ0) is 62.5. The van der Waals surface area contributed by atoms with Gasteiger partial charge in [-0.3, -0.25) is 0 Å². The summed E-state index contributed by atoms with van der Waals surface area (Å²) < 4.78 is 501. The molecule has 2 bridgehead atoms. The number of fused-ring (bicyclic) bond motifs is 3. The second-order valence-corrected chi connectivity index (χ2v) is 16.1. The molecule has 3 saturated heterocycles. The molecule has 5 rings (SSSR count). The topological polar surface area (TPSA) is 121 Å². The Kier molecular flexibility index (Phi) is 16.7. The van der Waals surface area contributed by atoms with Gasteiger partial charge in [0.05, 0.1) is 0 Å². The molecule has 3 aliphatic rings. The van der Waals surface area contributed by atoms with Gasteiger partial charge in [-0.15, -0.1) is 9.97 Å². The van der Waals surface area contributed by atoms with E-state index >= 15 is 0 Å². The van der Waals surface area contributed by atoms with Crippen LogP contribution in [0.4, 0.5) is 170 Å². The molecule has 2 atom stereocenters. The highest BCUT2D eigenvalue weighted by Gasteiger charge is 2.85. The first-order chi connectivity index (χ1) is 35.2. The third-order valence-electron chi connectivity index (χ3n) is 10.6. The summed E-state index contributed by atoms with van der Waals surface area (Å²) in [5.41, 5.74) is 0. The monoisotopic (exact) mass is 1260 g/mol. The van der Waals surface area contributed by atoms with Crippen LogP contribution in [0.15, 0.2) is 0 Å². The number of halogens is 36. The lowest BCUT2D eigenvalue weighted by atomic mass is 9.91. The third kappa shape index (κ3) is 11.4. The summed E-state index contributed by atoms with van der Waals surface area (Å²) in [6.07, 6.45) is -31.1. The molecular weight excluding hydrogens is 1240 g/mol. The Balaban J connectivity index is 1.80. The largest absolute Gasteiger partial charge is 0.460 e. The molecule has 2 aromatic rings. The van der Waals surface area contributed by atoms with E-state index in [9.17, 15) is 158 Å². The van der Waals surface area contributed by atoms with Crippen molar-refractivity contribution in [1.29, 1.82) is 0 Å². The number of anilines is 2. The van der Waals surface area contributed by atoms with Gasteiger partial charge in [0.25, 0.3) is 0 Å². The van der Waals surface area contributed by atoms with Gasteiger partial charge in [-0.25, -0.2) is 0 Å². The lowest BCUT2D eigenvalue weighted by Gasteiger charge is -2.51. The number of piperazine rings is 1. The maximum atomic E-state index is 14.4. The first-order valence-corrected chi connectivity index (χ1v) is 19.6. The molecular formula is C32H18F36N8O4. The minimum atomic E-state index is -7.67. The van der Waals surface area contributed by atoms with Crippen LogP contribution >= 0.6 is 0 Å². The Morgan fingerprint density at radius 3 is 0.600 bits per heavy atom. The molecule has 0 N–H and O–H groups in total. The predicted molar refractivity (Wildman–Crippen MR) is 177 cm³/mol. The van der Waals surface area contributed by atoms with Crippen LogP contribution in [0.5, 0.6) is 24.0 Å². The summed E-state index contributed by atoms with van der Waals surface area (Å²) in [6.45, 7) is -16.3. The molecule has 3 fully saturated rings. The highest BCUT2D eigenvalue weighted by Crippen LogP contribution is 2.57. The molecule has 12 nitrogen and oxygen atoms in total. The molecule has 48 heteroatoms. The number of nitrogens with zero attached hydrogens (tertiary/aromatic N) is 8. The van der Waals surface area contributed by atoms with Crippen molar-refractivity contribution in [3.05, 3.63) is 0 Å². The lowest BCUT2D eigenvalue weighted by Crippen LogP contribution is -2.64. The Morgan fingerprint density at radius 1 is 0.275 bits per heavy atom. The van der Waals surface area contributed by atoms with Crippen molar-refractivity contribution >= 4 is 11.9 Å². The number of hydrogen-bond donors (Lipinski definition) is 0. The van der Waals surface area contributed by atoms with Gasteiger partial charge in [-0.2, -0.15) is 178 Å². The van der Waals surface area contributed by atoms with E-state index in [0.717, 1.165) is 0 Å². The molecule has 80 heavy (non-hydrogen) atoms. The van der Waals surface area contributed by atoms with Crippen LogP contribution in [0.2, 0.25) is 0 Å². The van der Waals surface area contributed by atoms with Gasteiger partial charge in [0.1, 0.15) is 0 Å². The van der Waals surface area contributed by atoms with Gasteiger partial charge in [0, 0.05) is 25.2 Å². The molecule has 462 valence electrons. The maximum absolute atomic E-state index is 14.4. The second kappa shape index (κ2) is 20.0. The highest BCUT2D eigenvalue weighted by atomic mass is 19.5. The van der Waals surface area contributed by atoms with Crippen molar-refractivity contribution in [2.45, 2.75) is 121 Å². The van der Waals surface area contributed by atoms with Crippen LogP contribution in [0, 0.1) is 0 Å². The van der Waals surface area contributed by atoms with Crippen molar-refractivity contribution in [1.82, 2.24) is 29.9 Å². The van der Waals surface area contributed by atoms with E-state index in [1.165, 1.54) is 0 Å². The molecule has 3 aliphatic heterocycles. The summed E-state index contributed by atoms with van der Waals surface area (Å²) in [5.74, 6) is -91.1. The maximum Gasteiger partial charge on any atom is 0.460 e. The number of alkyl halides is 36. The van der Waals surface area contributed by atoms with E-state index < -0.39 is 196 Å². The van der Waals surface area contributed by atoms with E-state index in [-0.39, 0.29) is 0 Å². The summed E-state index contributed by atoms with van der Waals surface area (Å²) in [4.78, 5) is 18.3. The Hall–Kier alpha value is -5.70. The predicted octanol–water partition coefficient (Wildman–Crippen LogP) is 11.3. The number of piperidine rings is 2. The van der Waals surface area contributed by atoms with Gasteiger partial charge in [-0.1, -0.05) is 0 Å². The van der Waals surface area contributed by atoms with E-state index in [4.69, 9.17) is 0 Å². The molecule has 2 aromatic heterocycles.